The normalized spacial score (nSPS) is 24.7. The molecule has 1 fully saturated rings. The van der Waals surface area contributed by atoms with Crippen molar-refractivity contribution in [2.45, 2.75) is 31.8 Å². The zero-order valence-corrected chi connectivity index (χ0v) is 12.1. The maximum atomic E-state index is 11.3. The molecular weight excluding hydrogens is 268 g/mol. The highest BCUT2D eigenvalue weighted by Crippen LogP contribution is 2.34. The van der Waals surface area contributed by atoms with Crippen molar-refractivity contribution < 1.29 is 14.6 Å². The van der Waals surface area contributed by atoms with Crippen molar-refractivity contribution in [3.05, 3.63) is 29.3 Å². The Hall–Kier alpha value is -1.75. The fourth-order valence-corrected chi connectivity index (χ4v) is 3.36. The summed E-state index contributed by atoms with van der Waals surface area (Å²) >= 11 is 0. The third-order valence-electron chi connectivity index (χ3n) is 4.47. The Labute approximate surface area is 124 Å². The van der Waals surface area contributed by atoms with E-state index in [2.05, 4.69) is 6.07 Å². The molecule has 2 amide bonds. The number of piperidine rings is 1. The zero-order valence-electron chi connectivity index (χ0n) is 12.1. The van der Waals surface area contributed by atoms with E-state index >= 15 is 0 Å². The minimum absolute atomic E-state index is 0.00549. The first kappa shape index (κ1) is 14.2. The first-order valence-corrected chi connectivity index (χ1v) is 7.60. The van der Waals surface area contributed by atoms with Gasteiger partial charge >= 0.3 is 6.03 Å². The van der Waals surface area contributed by atoms with Crippen LogP contribution in [0.15, 0.2) is 18.2 Å². The van der Waals surface area contributed by atoms with Crippen LogP contribution < -0.4 is 10.5 Å². The molecular formula is C16H22N2O3. The van der Waals surface area contributed by atoms with Crippen LogP contribution in [0.25, 0.3) is 0 Å². The lowest BCUT2D eigenvalue weighted by molar-refractivity contribution is 0.104. The number of nitrogens with two attached hydrogens (primary N) is 1. The summed E-state index contributed by atoms with van der Waals surface area (Å²) in [6, 6.07) is 5.72. The first-order chi connectivity index (χ1) is 10.2. The third-order valence-corrected chi connectivity index (χ3v) is 4.47. The van der Waals surface area contributed by atoms with Crippen LogP contribution in [0.3, 0.4) is 0 Å². The number of hydrogen-bond acceptors (Lipinski definition) is 3. The summed E-state index contributed by atoms with van der Waals surface area (Å²) in [5, 5.41) is 9.35. The van der Waals surface area contributed by atoms with E-state index in [4.69, 9.17) is 10.5 Å². The van der Waals surface area contributed by atoms with Crippen LogP contribution in [0.1, 0.15) is 24.0 Å². The van der Waals surface area contributed by atoms with Crippen LogP contribution in [-0.2, 0) is 12.8 Å². The first-order valence-electron chi connectivity index (χ1n) is 7.60. The molecule has 21 heavy (non-hydrogen) atoms. The Bertz CT molecular complexity index is 532. The van der Waals surface area contributed by atoms with Crippen LogP contribution in [0.4, 0.5) is 4.79 Å². The van der Waals surface area contributed by atoms with Gasteiger partial charge in [0.15, 0.2) is 0 Å². The number of ether oxygens (including phenoxy) is 1. The summed E-state index contributed by atoms with van der Waals surface area (Å²) in [7, 11) is 0. The van der Waals surface area contributed by atoms with E-state index in [1.165, 1.54) is 11.1 Å². The highest BCUT2D eigenvalue weighted by Gasteiger charge is 2.27. The Balaban J connectivity index is 1.72. The number of urea groups is 1. The Morgan fingerprint density at radius 1 is 1.43 bits per heavy atom. The molecule has 1 aromatic carbocycles. The number of carbonyl (C=O) groups excluding carboxylic acids is 1. The number of carbonyl (C=O) groups is 1. The monoisotopic (exact) mass is 290 g/mol. The van der Waals surface area contributed by atoms with Gasteiger partial charge in [-0.15, -0.1) is 0 Å². The van der Waals surface area contributed by atoms with Crippen LogP contribution in [0, 0.1) is 5.92 Å². The molecule has 2 aliphatic rings. The van der Waals surface area contributed by atoms with E-state index in [-0.39, 0.29) is 18.7 Å². The molecule has 0 radical (unpaired) electrons. The third kappa shape index (κ3) is 2.97. The second kappa shape index (κ2) is 5.93. The fraction of sp³-hybridized carbons (Fsp3) is 0.562. The molecule has 1 aliphatic carbocycles. The van der Waals surface area contributed by atoms with Crippen LogP contribution in [0.2, 0.25) is 0 Å². The molecule has 2 atom stereocenters. The Morgan fingerprint density at radius 2 is 2.29 bits per heavy atom. The lowest BCUT2D eigenvalue weighted by Gasteiger charge is -2.32. The topological polar surface area (TPSA) is 75.8 Å². The van der Waals surface area contributed by atoms with Gasteiger partial charge in [0.05, 0.1) is 6.54 Å². The summed E-state index contributed by atoms with van der Waals surface area (Å²) in [6.45, 7) is 1.49. The highest BCUT2D eigenvalue weighted by molar-refractivity contribution is 5.72. The minimum Gasteiger partial charge on any atom is -0.488 e. The van der Waals surface area contributed by atoms with Gasteiger partial charge in [-0.25, -0.2) is 4.79 Å². The largest absolute Gasteiger partial charge is 0.488 e. The molecule has 3 rings (SSSR count). The van der Waals surface area contributed by atoms with Gasteiger partial charge in [0.2, 0.25) is 0 Å². The second-order valence-corrected chi connectivity index (χ2v) is 6.02. The number of likely N-dealkylation sites (tertiary alicyclic amines) is 1. The number of aliphatic hydroxyl groups is 1. The minimum atomic E-state index is -0.373. The Kier molecular flexibility index (Phi) is 4.01. The number of benzene rings is 1. The maximum Gasteiger partial charge on any atom is 0.314 e. The number of nitrogens with zero attached hydrogens (tertiary/aromatic N) is 1. The highest BCUT2D eigenvalue weighted by atomic mass is 16.5. The maximum absolute atomic E-state index is 11.3. The van der Waals surface area contributed by atoms with Gasteiger partial charge in [-0.1, -0.05) is 12.1 Å². The van der Waals surface area contributed by atoms with Gasteiger partial charge in [-0.3, -0.25) is 0 Å². The predicted molar refractivity (Wildman–Crippen MR) is 79.2 cm³/mol. The van der Waals surface area contributed by atoms with Gasteiger partial charge in [0, 0.05) is 13.2 Å². The SMILES string of the molecule is NC(=O)N1CCCC(Oc2cccc3c2CC(CO)C3)C1. The zero-order chi connectivity index (χ0) is 14.8. The second-order valence-electron chi connectivity index (χ2n) is 6.02. The van der Waals surface area contributed by atoms with E-state index in [1.54, 1.807) is 4.90 Å². The molecule has 114 valence electrons. The van der Waals surface area contributed by atoms with Crippen molar-refractivity contribution in [2.75, 3.05) is 19.7 Å². The standard InChI is InChI=1S/C16H22N2O3/c17-16(20)18-6-2-4-13(9-18)21-15-5-1-3-12-7-11(10-19)8-14(12)15/h1,3,5,11,13,19H,2,4,6-10H2,(H2,17,20). The lowest BCUT2D eigenvalue weighted by Crippen LogP contribution is -2.46. The van der Waals surface area contributed by atoms with E-state index in [9.17, 15) is 9.90 Å². The molecule has 0 spiro atoms. The van der Waals surface area contributed by atoms with Crippen molar-refractivity contribution in [2.24, 2.45) is 11.7 Å². The summed E-state index contributed by atoms with van der Waals surface area (Å²) in [5.41, 5.74) is 7.84. The van der Waals surface area contributed by atoms with Crippen LogP contribution in [0.5, 0.6) is 5.75 Å². The number of rotatable bonds is 3. The molecule has 5 heteroatoms. The number of fused-ring (bicyclic) bond motifs is 1. The molecule has 1 aromatic rings. The van der Waals surface area contributed by atoms with Crippen molar-refractivity contribution in [3.63, 3.8) is 0 Å². The lowest BCUT2D eigenvalue weighted by atomic mass is 10.1. The quantitative estimate of drug-likeness (QED) is 0.881. The van der Waals surface area contributed by atoms with Gasteiger partial charge in [0.25, 0.3) is 0 Å². The predicted octanol–water partition coefficient (Wildman–Crippen LogP) is 1.32. The molecule has 0 aromatic heterocycles. The van der Waals surface area contributed by atoms with E-state index in [0.717, 1.165) is 31.4 Å². The van der Waals surface area contributed by atoms with E-state index in [0.29, 0.717) is 19.0 Å². The van der Waals surface area contributed by atoms with Crippen molar-refractivity contribution in [1.29, 1.82) is 0 Å². The van der Waals surface area contributed by atoms with Crippen molar-refractivity contribution in [1.82, 2.24) is 4.90 Å². The fourth-order valence-electron chi connectivity index (χ4n) is 3.36. The Morgan fingerprint density at radius 3 is 3.05 bits per heavy atom. The van der Waals surface area contributed by atoms with Gasteiger partial charge in [-0.2, -0.15) is 0 Å². The molecule has 5 nitrogen and oxygen atoms in total. The summed E-state index contributed by atoms with van der Waals surface area (Å²) in [6.07, 6.45) is 3.65. The number of hydrogen-bond donors (Lipinski definition) is 2. The summed E-state index contributed by atoms with van der Waals surface area (Å²) in [4.78, 5) is 12.9. The molecule has 0 saturated carbocycles. The van der Waals surface area contributed by atoms with Gasteiger partial charge in [0.1, 0.15) is 11.9 Å². The van der Waals surface area contributed by atoms with Crippen molar-refractivity contribution >= 4 is 6.03 Å². The summed E-state index contributed by atoms with van der Waals surface area (Å²) < 4.78 is 6.14. The smallest absolute Gasteiger partial charge is 0.314 e. The van der Waals surface area contributed by atoms with Crippen LogP contribution in [-0.4, -0.2) is 41.8 Å². The summed E-state index contributed by atoms with van der Waals surface area (Å²) in [5.74, 6) is 1.21. The van der Waals surface area contributed by atoms with Crippen LogP contribution >= 0.6 is 0 Å². The number of aliphatic hydroxyl groups excluding tert-OH is 1. The van der Waals surface area contributed by atoms with Gasteiger partial charge < -0.3 is 20.5 Å². The molecule has 3 N–H and O–H groups in total. The number of primary amides is 1. The molecule has 1 saturated heterocycles. The molecule has 2 unspecified atom stereocenters. The van der Waals surface area contributed by atoms with Gasteiger partial charge in [-0.05, 0) is 48.8 Å². The van der Waals surface area contributed by atoms with E-state index < -0.39 is 0 Å². The molecule has 1 heterocycles. The molecule has 0 bridgehead atoms. The molecule has 1 aliphatic heterocycles. The van der Waals surface area contributed by atoms with Crippen molar-refractivity contribution in [3.8, 4) is 5.75 Å². The average Bonchev–Trinajstić information content (AvgIpc) is 2.92. The van der Waals surface area contributed by atoms with E-state index in [1.807, 2.05) is 12.1 Å². The average molecular weight is 290 g/mol. The number of amides is 2.